The molecule has 0 atom stereocenters. The molecule has 0 radical (unpaired) electrons. The second kappa shape index (κ2) is 6.34. The van der Waals surface area contributed by atoms with Gasteiger partial charge in [-0.2, -0.15) is 0 Å². The molecule has 2 heterocycles. The first-order chi connectivity index (χ1) is 11.8. The third-order valence-corrected chi connectivity index (χ3v) is 4.85. The molecule has 24 heavy (non-hydrogen) atoms. The van der Waals surface area contributed by atoms with Crippen LogP contribution in [-0.4, -0.2) is 5.91 Å². The highest BCUT2D eigenvalue weighted by Crippen LogP contribution is 2.26. The van der Waals surface area contributed by atoms with E-state index in [2.05, 4.69) is 5.32 Å². The SMILES string of the molecule is O=C(NCc1cc(-c2ccco2)cs1)c1cccc2ccccc12. The van der Waals surface area contributed by atoms with Gasteiger partial charge >= 0.3 is 0 Å². The van der Waals surface area contributed by atoms with Crippen LogP contribution >= 0.6 is 11.3 Å². The van der Waals surface area contributed by atoms with Crippen LogP contribution in [0.2, 0.25) is 0 Å². The number of benzene rings is 2. The van der Waals surface area contributed by atoms with Gasteiger partial charge in [-0.05, 0) is 35.0 Å². The molecular formula is C20H15NO2S. The van der Waals surface area contributed by atoms with E-state index < -0.39 is 0 Å². The maximum Gasteiger partial charge on any atom is 0.252 e. The number of carbonyl (C=O) groups is 1. The van der Waals surface area contributed by atoms with E-state index in [1.807, 2.05) is 66.0 Å². The van der Waals surface area contributed by atoms with Crippen molar-refractivity contribution in [2.75, 3.05) is 0 Å². The van der Waals surface area contributed by atoms with Gasteiger partial charge in [0.05, 0.1) is 12.8 Å². The standard InChI is InChI=1S/C20H15NO2S/c22-20(18-8-3-6-14-5-1-2-7-17(14)18)21-12-16-11-15(13-24-16)19-9-4-10-23-19/h1-11,13H,12H2,(H,21,22). The van der Waals surface area contributed by atoms with E-state index in [-0.39, 0.29) is 5.91 Å². The van der Waals surface area contributed by atoms with Crippen LogP contribution in [0, 0.1) is 0 Å². The molecule has 0 fully saturated rings. The van der Waals surface area contributed by atoms with Crippen LogP contribution in [0.5, 0.6) is 0 Å². The van der Waals surface area contributed by atoms with Crippen LogP contribution in [0.15, 0.2) is 76.7 Å². The van der Waals surface area contributed by atoms with Gasteiger partial charge < -0.3 is 9.73 Å². The van der Waals surface area contributed by atoms with Crippen molar-refractivity contribution in [3.05, 3.63) is 82.7 Å². The zero-order valence-corrected chi connectivity index (χ0v) is 13.7. The van der Waals surface area contributed by atoms with Crippen molar-refractivity contribution >= 4 is 28.0 Å². The Kier molecular flexibility index (Phi) is 3.89. The molecule has 118 valence electrons. The van der Waals surface area contributed by atoms with Crippen molar-refractivity contribution in [2.24, 2.45) is 0 Å². The first kappa shape index (κ1) is 14.7. The molecule has 1 N–H and O–H groups in total. The zero-order chi connectivity index (χ0) is 16.4. The van der Waals surface area contributed by atoms with Gasteiger partial charge in [-0.3, -0.25) is 4.79 Å². The molecule has 0 aliphatic carbocycles. The van der Waals surface area contributed by atoms with E-state index in [0.29, 0.717) is 12.1 Å². The third kappa shape index (κ3) is 2.84. The Morgan fingerprint density at radius 1 is 1.04 bits per heavy atom. The molecule has 2 aromatic carbocycles. The predicted molar refractivity (Wildman–Crippen MR) is 97.1 cm³/mol. The van der Waals surface area contributed by atoms with Gasteiger partial charge in [0.25, 0.3) is 5.91 Å². The van der Waals surface area contributed by atoms with Crippen LogP contribution in [0.1, 0.15) is 15.2 Å². The summed E-state index contributed by atoms with van der Waals surface area (Å²) in [7, 11) is 0. The van der Waals surface area contributed by atoms with E-state index in [4.69, 9.17) is 4.42 Å². The van der Waals surface area contributed by atoms with Crippen LogP contribution < -0.4 is 5.32 Å². The fraction of sp³-hybridized carbons (Fsp3) is 0.0500. The Hall–Kier alpha value is -2.85. The van der Waals surface area contributed by atoms with E-state index in [1.165, 1.54) is 0 Å². The number of rotatable bonds is 4. The number of nitrogens with one attached hydrogen (secondary N) is 1. The van der Waals surface area contributed by atoms with Gasteiger partial charge in [-0.25, -0.2) is 0 Å². The summed E-state index contributed by atoms with van der Waals surface area (Å²) in [5, 5.41) is 7.09. The molecule has 0 bridgehead atoms. The molecule has 0 saturated heterocycles. The fourth-order valence-corrected chi connectivity index (χ4v) is 3.54. The zero-order valence-electron chi connectivity index (χ0n) is 12.9. The number of hydrogen-bond acceptors (Lipinski definition) is 3. The van der Waals surface area contributed by atoms with Crippen LogP contribution in [-0.2, 0) is 6.54 Å². The number of amides is 1. The smallest absolute Gasteiger partial charge is 0.252 e. The van der Waals surface area contributed by atoms with E-state index in [0.717, 1.165) is 27.0 Å². The fourth-order valence-electron chi connectivity index (χ4n) is 2.73. The van der Waals surface area contributed by atoms with Gasteiger partial charge in [-0.15, -0.1) is 11.3 Å². The number of hydrogen-bond donors (Lipinski definition) is 1. The topological polar surface area (TPSA) is 42.2 Å². The molecule has 4 heteroatoms. The Bertz CT molecular complexity index is 980. The van der Waals surface area contributed by atoms with E-state index in [1.54, 1.807) is 17.6 Å². The van der Waals surface area contributed by atoms with Gasteiger partial charge in [0, 0.05) is 21.4 Å². The lowest BCUT2D eigenvalue weighted by molar-refractivity contribution is 0.0953. The lowest BCUT2D eigenvalue weighted by atomic mass is 10.0. The lowest BCUT2D eigenvalue weighted by Gasteiger charge is -2.07. The second-order valence-electron chi connectivity index (χ2n) is 5.49. The number of fused-ring (bicyclic) bond motifs is 1. The molecule has 0 saturated carbocycles. The van der Waals surface area contributed by atoms with Crippen molar-refractivity contribution in [3.8, 4) is 11.3 Å². The number of thiophene rings is 1. The number of carbonyl (C=O) groups excluding carboxylic acids is 1. The summed E-state index contributed by atoms with van der Waals surface area (Å²) >= 11 is 1.61. The maximum atomic E-state index is 12.5. The molecule has 0 aliphatic heterocycles. The lowest BCUT2D eigenvalue weighted by Crippen LogP contribution is -2.22. The van der Waals surface area contributed by atoms with Crippen molar-refractivity contribution in [1.29, 1.82) is 0 Å². The average Bonchev–Trinajstić information content (AvgIpc) is 3.30. The van der Waals surface area contributed by atoms with Gasteiger partial charge in [0.1, 0.15) is 5.76 Å². The molecule has 0 unspecified atom stereocenters. The van der Waals surface area contributed by atoms with E-state index in [9.17, 15) is 4.79 Å². The van der Waals surface area contributed by atoms with Gasteiger partial charge in [-0.1, -0.05) is 36.4 Å². The van der Waals surface area contributed by atoms with Crippen molar-refractivity contribution in [2.45, 2.75) is 6.54 Å². The van der Waals surface area contributed by atoms with Gasteiger partial charge in [0.2, 0.25) is 0 Å². The summed E-state index contributed by atoms with van der Waals surface area (Å²) in [5.41, 5.74) is 1.75. The third-order valence-electron chi connectivity index (χ3n) is 3.92. The molecule has 0 aliphatic rings. The van der Waals surface area contributed by atoms with Crippen LogP contribution in [0.4, 0.5) is 0 Å². The van der Waals surface area contributed by atoms with Crippen molar-refractivity contribution < 1.29 is 9.21 Å². The molecule has 1 amide bonds. The maximum absolute atomic E-state index is 12.5. The summed E-state index contributed by atoms with van der Waals surface area (Å²) in [6.45, 7) is 0.507. The molecule has 0 spiro atoms. The minimum Gasteiger partial charge on any atom is -0.464 e. The summed E-state index contributed by atoms with van der Waals surface area (Å²) in [6.07, 6.45) is 1.66. The predicted octanol–water partition coefficient (Wildman–Crippen LogP) is 5.09. The average molecular weight is 333 g/mol. The monoisotopic (exact) mass is 333 g/mol. The number of furan rings is 1. The second-order valence-corrected chi connectivity index (χ2v) is 6.48. The highest BCUT2D eigenvalue weighted by Gasteiger charge is 2.10. The molecular weight excluding hydrogens is 318 g/mol. The minimum atomic E-state index is -0.0558. The highest BCUT2D eigenvalue weighted by molar-refractivity contribution is 7.10. The summed E-state index contributed by atoms with van der Waals surface area (Å²) in [5.74, 6) is 0.789. The Morgan fingerprint density at radius 2 is 1.92 bits per heavy atom. The van der Waals surface area contributed by atoms with Crippen LogP contribution in [0.3, 0.4) is 0 Å². The quantitative estimate of drug-likeness (QED) is 0.565. The normalized spacial score (nSPS) is 10.8. The van der Waals surface area contributed by atoms with Crippen molar-refractivity contribution in [1.82, 2.24) is 5.32 Å². The molecule has 4 aromatic rings. The Morgan fingerprint density at radius 3 is 2.79 bits per heavy atom. The van der Waals surface area contributed by atoms with E-state index >= 15 is 0 Å². The Labute approximate surface area is 143 Å². The summed E-state index contributed by atoms with van der Waals surface area (Å²) < 4.78 is 5.40. The molecule has 4 rings (SSSR count). The molecule has 3 nitrogen and oxygen atoms in total. The van der Waals surface area contributed by atoms with Crippen molar-refractivity contribution in [3.63, 3.8) is 0 Å². The molecule has 2 aromatic heterocycles. The Balaban J connectivity index is 1.50. The largest absolute Gasteiger partial charge is 0.464 e. The highest BCUT2D eigenvalue weighted by atomic mass is 32.1. The summed E-state index contributed by atoms with van der Waals surface area (Å²) in [4.78, 5) is 13.6. The summed E-state index contributed by atoms with van der Waals surface area (Å²) in [6, 6.07) is 19.6. The first-order valence-electron chi connectivity index (χ1n) is 7.68. The van der Waals surface area contributed by atoms with Gasteiger partial charge in [0.15, 0.2) is 0 Å². The first-order valence-corrected chi connectivity index (χ1v) is 8.56. The van der Waals surface area contributed by atoms with Crippen LogP contribution in [0.25, 0.3) is 22.1 Å². The minimum absolute atomic E-state index is 0.0558.